The van der Waals surface area contributed by atoms with Gasteiger partial charge in [0.1, 0.15) is 11.5 Å². The van der Waals surface area contributed by atoms with Crippen molar-refractivity contribution < 1.29 is 13.9 Å². The van der Waals surface area contributed by atoms with Crippen LogP contribution in [0.15, 0.2) is 47.1 Å². The molecule has 0 aliphatic heterocycles. The number of rotatable bonds is 5. The first-order valence-electron chi connectivity index (χ1n) is 8.78. The van der Waals surface area contributed by atoms with Crippen molar-refractivity contribution in [3.8, 4) is 11.4 Å². The minimum atomic E-state index is 0.0353. The molecule has 134 valence electrons. The molecule has 2 aromatic heterocycles. The van der Waals surface area contributed by atoms with Crippen LogP contribution in [0.1, 0.15) is 41.1 Å². The largest absolute Gasteiger partial charge is 0.497 e. The summed E-state index contributed by atoms with van der Waals surface area (Å²) in [6.45, 7) is 2.71. The van der Waals surface area contributed by atoms with Crippen LogP contribution in [0.2, 0.25) is 0 Å². The zero-order valence-electron chi connectivity index (χ0n) is 14.9. The van der Waals surface area contributed by atoms with Gasteiger partial charge >= 0.3 is 0 Å². The van der Waals surface area contributed by atoms with E-state index in [1.165, 1.54) is 0 Å². The second-order valence-electron chi connectivity index (χ2n) is 6.35. The summed E-state index contributed by atoms with van der Waals surface area (Å²) in [5.74, 6) is 2.42. The van der Waals surface area contributed by atoms with E-state index in [0.29, 0.717) is 30.8 Å². The fourth-order valence-electron chi connectivity index (χ4n) is 3.52. The third-order valence-corrected chi connectivity index (χ3v) is 4.74. The van der Waals surface area contributed by atoms with Crippen molar-refractivity contribution in [3.05, 3.63) is 59.7 Å². The lowest BCUT2D eigenvalue weighted by Crippen LogP contribution is -2.20. The molecule has 6 heteroatoms. The zero-order chi connectivity index (χ0) is 18.1. The van der Waals surface area contributed by atoms with Gasteiger partial charge in [0.25, 0.3) is 0 Å². The first-order chi connectivity index (χ1) is 12.7. The number of hydrogen-bond acceptors (Lipinski definition) is 5. The Bertz CT molecular complexity index is 911. The fourth-order valence-corrected chi connectivity index (χ4v) is 3.52. The SMILES string of the molecule is CCNc1nn(-c2ccc(OC)cc2)c2c1C(=O)C[C@H](c1ccco1)C2. The molecule has 0 spiro atoms. The third kappa shape index (κ3) is 2.77. The van der Waals surface area contributed by atoms with E-state index in [9.17, 15) is 4.79 Å². The number of carbonyl (C=O) groups excluding carboxylic acids is 1. The number of methoxy groups -OCH3 is 1. The molecule has 1 aliphatic rings. The number of anilines is 1. The van der Waals surface area contributed by atoms with Crippen LogP contribution < -0.4 is 10.1 Å². The van der Waals surface area contributed by atoms with Crippen molar-refractivity contribution in [1.29, 1.82) is 0 Å². The smallest absolute Gasteiger partial charge is 0.169 e. The molecule has 3 aromatic rings. The highest BCUT2D eigenvalue weighted by molar-refractivity contribution is 6.03. The molecule has 26 heavy (non-hydrogen) atoms. The summed E-state index contributed by atoms with van der Waals surface area (Å²) in [6, 6.07) is 11.5. The number of benzene rings is 1. The van der Waals surface area contributed by atoms with E-state index in [1.807, 2.05) is 48.0 Å². The van der Waals surface area contributed by atoms with Crippen LogP contribution in [0.5, 0.6) is 5.75 Å². The van der Waals surface area contributed by atoms with E-state index >= 15 is 0 Å². The average Bonchev–Trinajstić information content (AvgIpc) is 3.31. The average molecular weight is 351 g/mol. The Morgan fingerprint density at radius 1 is 1.27 bits per heavy atom. The van der Waals surface area contributed by atoms with Gasteiger partial charge in [0.15, 0.2) is 11.6 Å². The first kappa shape index (κ1) is 16.4. The molecule has 1 N–H and O–H groups in total. The normalized spacial score (nSPS) is 16.4. The molecule has 0 saturated heterocycles. The van der Waals surface area contributed by atoms with Gasteiger partial charge < -0.3 is 14.5 Å². The molecule has 0 saturated carbocycles. The first-order valence-corrected chi connectivity index (χ1v) is 8.78. The molecule has 2 heterocycles. The summed E-state index contributed by atoms with van der Waals surface area (Å²) in [6.07, 6.45) is 2.80. The van der Waals surface area contributed by atoms with Crippen molar-refractivity contribution in [3.63, 3.8) is 0 Å². The monoisotopic (exact) mass is 351 g/mol. The Labute approximate surface area is 151 Å². The van der Waals surface area contributed by atoms with Crippen LogP contribution in [0.3, 0.4) is 0 Å². The van der Waals surface area contributed by atoms with Gasteiger partial charge in [-0.1, -0.05) is 0 Å². The number of carbonyl (C=O) groups is 1. The topological polar surface area (TPSA) is 69.3 Å². The van der Waals surface area contributed by atoms with E-state index in [4.69, 9.17) is 9.15 Å². The highest BCUT2D eigenvalue weighted by Gasteiger charge is 2.34. The summed E-state index contributed by atoms with van der Waals surface area (Å²) in [7, 11) is 1.64. The van der Waals surface area contributed by atoms with Gasteiger partial charge in [-0.3, -0.25) is 4.79 Å². The number of nitrogens with one attached hydrogen (secondary N) is 1. The number of hydrogen-bond donors (Lipinski definition) is 1. The highest BCUT2D eigenvalue weighted by atomic mass is 16.5. The summed E-state index contributed by atoms with van der Waals surface area (Å²) in [5.41, 5.74) is 2.52. The summed E-state index contributed by atoms with van der Waals surface area (Å²) >= 11 is 0. The molecule has 0 radical (unpaired) electrons. The zero-order valence-corrected chi connectivity index (χ0v) is 14.9. The Hall–Kier alpha value is -3.02. The van der Waals surface area contributed by atoms with E-state index < -0.39 is 0 Å². The molecular formula is C20H21N3O3. The van der Waals surface area contributed by atoms with Gasteiger partial charge in [-0.2, -0.15) is 0 Å². The molecule has 0 fully saturated rings. The molecule has 1 aliphatic carbocycles. The van der Waals surface area contributed by atoms with Crippen molar-refractivity contribution in [1.82, 2.24) is 9.78 Å². The Kier molecular flexibility index (Phi) is 4.24. The van der Waals surface area contributed by atoms with Gasteiger partial charge in [-0.15, -0.1) is 5.10 Å². The molecule has 0 amide bonds. The molecule has 6 nitrogen and oxygen atoms in total. The fraction of sp³-hybridized carbons (Fsp3) is 0.300. The van der Waals surface area contributed by atoms with Crippen molar-refractivity contribution in [2.75, 3.05) is 19.0 Å². The number of fused-ring (bicyclic) bond motifs is 1. The predicted molar refractivity (Wildman–Crippen MR) is 98.4 cm³/mol. The van der Waals surface area contributed by atoms with Crippen LogP contribution in [-0.2, 0) is 6.42 Å². The van der Waals surface area contributed by atoms with E-state index in [2.05, 4.69) is 10.4 Å². The van der Waals surface area contributed by atoms with Crippen molar-refractivity contribution in [2.24, 2.45) is 0 Å². The number of nitrogens with zero attached hydrogens (tertiary/aromatic N) is 2. The van der Waals surface area contributed by atoms with Crippen LogP contribution in [0, 0.1) is 0 Å². The molecule has 1 atom stereocenters. The van der Waals surface area contributed by atoms with Crippen molar-refractivity contribution >= 4 is 11.6 Å². The summed E-state index contributed by atoms with van der Waals surface area (Å²) in [4.78, 5) is 12.9. The number of ketones is 1. The second-order valence-corrected chi connectivity index (χ2v) is 6.35. The van der Waals surface area contributed by atoms with E-state index in [0.717, 1.165) is 22.9 Å². The van der Waals surface area contributed by atoms with Crippen LogP contribution in [0.25, 0.3) is 5.69 Å². The predicted octanol–water partition coefficient (Wildman–Crippen LogP) is 3.82. The standard InChI is InChI=1S/C20H21N3O3/c1-3-21-20-19-16(11-13(12-17(19)24)18-5-4-10-26-18)23(22-20)14-6-8-15(25-2)9-7-14/h4-10,13H,3,11-12H2,1-2H3,(H,21,22)/t13-/m1/s1. The summed E-state index contributed by atoms with van der Waals surface area (Å²) < 4.78 is 12.6. The van der Waals surface area contributed by atoms with Crippen LogP contribution in [0.4, 0.5) is 5.82 Å². The second kappa shape index (κ2) is 6.71. The van der Waals surface area contributed by atoms with E-state index in [-0.39, 0.29) is 11.7 Å². The van der Waals surface area contributed by atoms with Crippen LogP contribution in [-0.4, -0.2) is 29.2 Å². The molecule has 4 rings (SSSR count). The quantitative estimate of drug-likeness (QED) is 0.757. The molecule has 0 unspecified atom stereocenters. The lowest BCUT2D eigenvalue weighted by Gasteiger charge is -2.21. The minimum absolute atomic E-state index is 0.0353. The Morgan fingerprint density at radius 2 is 2.08 bits per heavy atom. The molecule has 0 bridgehead atoms. The maximum absolute atomic E-state index is 12.9. The molecule has 1 aromatic carbocycles. The Balaban J connectivity index is 1.80. The minimum Gasteiger partial charge on any atom is -0.497 e. The van der Waals surface area contributed by atoms with Crippen LogP contribution >= 0.6 is 0 Å². The third-order valence-electron chi connectivity index (χ3n) is 4.74. The van der Waals surface area contributed by atoms with E-state index in [1.54, 1.807) is 13.4 Å². The van der Waals surface area contributed by atoms with Crippen molar-refractivity contribution in [2.45, 2.75) is 25.7 Å². The Morgan fingerprint density at radius 3 is 2.73 bits per heavy atom. The summed E-state index contributed by atoms with van der Waals surface area (Å²) in [5, 5.41) is 7.91. The van der Waals surface area contributed by atoms with Gasteiger partial charge in [0, 0.05) is 25.3 Å². The van der Waals surface area contributed by atoms with Gasteiger partial charge in [-0.05, 0) is 43.3 Å². The number of aromatic nitrogens is 2. The number of furan rings is 1. The maximum Gasteiger partial charge on any atom is 0.169 e. The lowest BCUT2D eigenvalue weighted by atomic mass is 9.85. The highest BCUT2D eigenvalue weighted by Crippen LogP contribution is 2.37. The van der Waals surface area contributed by atoms with Gasteiger partial charge in [-0.25, -0.2) is 4.68 Å². The number of ether oxygens (including phenoxy) is 1. The lowest BCUT2D eigenvalue weighted by molar-refractivity contribution is 0.0960. The molecular weight excluding hydrogens is 330 g/mol. The van der Waals surface area contributed by atoms with Gasteiger partial charge in [0.2, 0.25) is 0 Å². The van der Waals surface area contributed by atoms with Gasteiger partial charge in [0.05, 0.1) is 30.3 Å². The maximum atomic E-state index is 12.9. The number of Topliss-reactive ketones (excluding diaryl/α,β-unsaturated/α-hetero) is 1.